The maximum Gasteiger partial charge on any atom is 0.236 e. The summed E-state index contributed by atoms with van der Waals surface area (Å²) in [7, 11) is 0. The fourth-order valence-electron chi connectivity index (χ4n) is 2.59. The van der Waals surface area contributed by atoms with Gasteiger partial charge in [-0.1, -0.05) is 71.1 Å². The molecule has 1 amide bonds. The summed E-state index contributed by atoms with van der Waals surface area (Å²) >= 11 is 0. The second-order valence-electron chi connectivity index (χ2n) is 6.36. The Morgan fingerprint density at radius 3 is 1.95 bits per heavy atom. The van der Waals surface area contributed by atoms with Gasteiger partial charge < -0.3 is 16.8 Å². The second kappa shape index (κ2) is 16.8. The van der Waals surface area contributed by atoms with Crippen molar-refractivity contribution in [2.75, 3.05) is 13.1 Å². The standard InChI is InChI=1S/C18H39N3O/c1-2-3-4-5-6-7-8-9-10-13-16-21-18(22)17(20)14-11-12-15-19/h17H,2-16,19-20H2,1H3,(H,21,22)/t17-/m0/s1. The number of rotatable bonds is 16. The number of carbonyl (C=O) groups is 1. The molecule has 1 atom stereocenters. The fraction of sp³-hybridized carbons (Fsp3) is 0.944. The molecule has 0 fully saturated rings. The molecule has 0 aliphatic heterocycles. The highest BCUT2D eigenvalue weighted by Gasteiger charge is 2.11. The molecule has 0 rings (SSSR count). The zero-order chi connectivity index (χ0) is 16.5. The van der Waals surface area contributed by atoms with Crippen LogP contribution in [0.25, 0.3) is 0 Å². The van der Waals surface area contributed by atoms with Gasteiger partial charge in [0.05, 0.1) is 6.04 Å². The van der Waals surface area contributed by atoms with E-state index in [1.54, 1.807) is 0 Å². The number of carbonyl (C=O) groups excluding carboxylic acids is 1. The summed E-state index contributed by atoms with van der Waals surface area (Å²) < 4.78 is 0. The third kappa shape index (κ3) is 14.3. The molecule has 4 heteroatoms. The predicted molar refractivity (Wildman–Crippen MR) is 95.7 cm³/mol. The third-order valence-electron chi connectivity index (χ3n) is 4.14. The Balaban J connectivity index is 3.26. The van der Waals surface area contributed by atoms with E-state index >= 15 is 0 Å². The van der Waals surface area contributed by atoms with Gasteiger partial charge in [-0.2, -0.15) is 0 Å². The zero-order valence-corrected chi connectivity index (χ0v) is 14.7. The molecule has 0 spiro atoms. The van der Waals surface area contributed by atoms with Crippen LogP contribution in [0.3, 0.4) is 0 Å². The monoisotopic (exact) mass is 313 g/mol. The number of amides is 1. The Bertz CT molecular complexity index is 246. The Morgan fingerprint density at radius 2 is 1.41 bits per heavy atom. The molecule has 0 aliphatic rings. The molecular weight excluding hydrogens is 274 g/mol. The van der Waals surface area contributed by atoms with Crippen LogP contribution in [0.5, 0.6) is 0 Å². The lowest BCUT2D eigenvalue weighted by Gasteiger charge is -2.11. The summed E-state index contributed by atoms with van der Waals surface area (Å²) in [6.45, 7) is 3.69. The van der Waals surface area contributed by atoms with E-state index in [0.29, 0.717) is 6.54 Å². The van der Waals surface area contributed by atoms with E-state index in [0.717, 1.165) is 32.2 Å². The van der Waals surface area contributed by atoms with Crippen molar-refractivity contribution in [3.05, 3.63) is 0 Å². The molecule has 22 heavy (non-hydrogen) atoms. The van der Waals surface area contributed by atoms with Crippen molar-refractivity contribution >= 4 is 5.91 Å². The molecule has 0 aromatic heterocycles. The normalized spacial score (nSPS) is 12.3. The van der Waals surface area contributed by atoms with Gasteiger partial charge in [0.2, 0.25) is 5.91 Å². The van der Waals surface area contributed by atoms with Crippen LogP contribution in [0.15, 0.2) is 0 Å². The Hall–Kier alpha value is -0.610. The first-order chi connectivity index (χ1) is 10.7. The molecule has 0 aromatic rings. The minimum Gasteiger partial charge on any atom is -0.355 e. The van der Waals surface area contributed by atoms with Crippen LogP contribution in [-0.2, 0) is 4.79 Å². The molecule has 0 saturated heterocycles. The molecule has 4 nitrogen and oxygen atoms in total. The van der Waals surface area contributed by atoms with Crippen LogP contribution in [0.2, 0.25) is 0 Å². The smallest absolute Gasteiger partial charge is 0.236 e. The highest BCUT2D eigenvalue weighted by molar-refractivity contribution is 5.81. The minimum atomic E-state index is -0.366. The number of hydrogen-bond acceptors (Lipinski definition) is 3. The van der Waals surface area contributed by atoms with Gasteiger partial charge in [0.1, 0.15) is 0 Å². The van der Waals surface area contributed by atoms with Crippen molar-refractivity contribution in [3.63, 3.8) is 0 Å². The average molecular weight is 314 g/mol. The predicted octanol–water partition coefficient (Wildman–Crippen LogP) is 3.48. The summed E-state index contributed by atoms with van der Waals surface area (Å²) in [5.74, 6) is -0.00653. The molecular formula is C18H39N3O. The van der Waals surface area contributed by atoms with E-state index in [9.17, 15) is 4.79 Å². The highest BCUT2D eigenvalue weighted by Crippen LogP contribution is 2.10. The average Bonchev–Trinajstić information content (AvgIpc) is 2.52. The van der Waals surface area contributed by atoms with Gasteiger partial charge in [-0.3, -0.25) is 4.79 Å². The van der Waals surface area contributed by atoms with Crippen molar-refractivity contribution in [1.29, 1.82) is 0 Å². The van der Waals surface area contributed by atoms with Gasteiger partial charge in [0, 0.05) is 6.54 Å². The number of hydrogen-bond donors (Lipinski definition) is 3. The van der Waals surface area contributed by atoms with Crippen molar-refractivity contribution in [3.8, 4) is 0 Å². The van der Waals surface area contributed by atoms with Gasteiger partial charge >= 0.3 is 0 Å². The number of nitrogens with two attached hydrogens (primary N) is 2. The molecule has 0 aliphatic carbocycles. The SMILES string of the molecule is CCCCCCCCCCCCNC(=O)[C@@H](N)CCCCN. The molecule has 132 valence electrons. The summed E-state index contributed by atoms with van der Waals surface area (Å²) in [6, 6.07) is -0.366. The molecule has 0 heterocycles. The third-order valence-corrected chi connectivity index (χ3v) is 4.14. The van der Waals surface area contributed by atoms with Crippen molar-refractivity contribution in [2.24, 2.45) is 11.5 Å². The van der Waals surface area contributed by atoms with Crippen molar-refractivity contribution in [2.45, 2.75) is 96.4 Å². The lowest BCUT2D eigenvalue weighted by atomic mass is 10.1. The summed E-state index contributed by atoms with van der Waals surface area (Å²) in [5.41, 5.74) is 11.3. The Labute approximate surface area is 137 Å². The topological polar surface area (TPSA) is 81.1 Å². The van der Waals surface area contributed by atoms with Gasteiger partial charge in [-0.15, -0.1) is 0 Å². The van der Waals surface area contributed by atoms with E-state index < -0.39 is 0 Å². The number of unbranched alkanes of at least 4 members (excludes halogenated alkanes) is 10. The minimum absolute atomic E-state index is 0.00653. The van der Waals surface area contributed by atoms with E-state index in [1.807, 2.05) is 0 Å². The lowest BCUT2D eigenvalue weighted by Crippen LogP contribution is -2.40. The first-order valence-electron chi connectivity index (χ1n) is 9.45. The lowest BCUT2D eigenvalue weighted by molar-refractivity contribution is -0.122. The molecule has 0 aromatic carbocycles. The van der Waals surface area contributed by atoms with E-state index in [2.05, 4.69) is 12.2 Å². The van der Waals surface area contributed by atoms with Crippen LogP contribution in [0, 0.1) is 0 Å². The van der Waals surface area contributed by atoms with Gasteiger partial charge in [-0.05, 0) is 25.8 Å². The summed E-state index contributed by atoms with van der Waals surface area (Å²) in [4.78, 5) is 11.7. The van der Waals surface area contributed by atoms with Crippen LogP contribution < -0.4 is 16.8 Å². The second-order valence-corrected chi connectivity index (χ2v) is 6.36. The van der Waals surface area contributed by atoms with Crippen LogP contribution in [-0.4, -0.2) is 25.0 Å². The van der Waals surface area contributed by atoms with E-state index in [1.165, 1.54) is 57.8 Å². The molecule has 0 bridgehead atoms. The van der Waals surface area contributed by atoms with E-state index in [4.69, 9.17) is 11.5 Å². The van der Waals surface area contributed by atoms with Crippen LogP contribution >= 0.6 is 0 Å². The quantitative estimate of drug-likeness (QED) is 0.382. The van der Waals surface area contributed by atoms with Crippen molar-refractivity contribution < 1.29 is 4.79 Å². The molecule has 5 N–H and O–H groups in total. The summed E-state index contributed by atoms with van der Waals surface area (Å²) in [6.07, 6.45) is 15.7. The van der Waals surface area contributed by atoms with Crippen LogP contribution in [0.1, 0.15) is 90.4 Å². The Morgan fingerprint density at radius 1 is 0.864 bits per heavy atom. The largest absolute Gasteiger partial charge is 0.355 e. The first-order valence-corrected chi connectivity index (χ1v) is 9.45. The first kappa shape index (κ1) is 21.4. The maximum absolute atomic E-state index is 11.7. The highest BCUT2D eigenvalue weighted by atomic mass is 16.2. The van der Waals surface area contributed by atoms with Crippen LogP contribution in [0.4, 0.5) is 0 Å². The Kier molecular flexibility index (Phi) is 16.3. The van der Waals surface area contributed by atoms with Gasteiger partial charge in [0.25, 0.3) is 0 Å². The van der Waals surface area contributed by atoms with Crippen molar-refractivity contribution in [1.82, 2.24) is 5.32 Å². The van der Waals surface area contributed by atoms with Gasteiger partial charge in [0.15, 0.2) is 0 Å². The fourth-order valence-corrected chi connectivity index (χ4v) is 2.59. The summed E-state index contributed by atoms with van der Waals surface area (Å²) in [5, 5.41) is 2.94. The van der Waals surface area contributed by atoms with E-state index in [-0.39, 0.29) is 11.9 Å². The maximum atomic E-state index is 11.7. The zero-order valence-electron chi connectivity index (χ0n) is 14.7. The van der Waals surface area contributed by atoms with Gasteiger partial charge in [-0.25, -0.2) is 0 Å². The number of nitrogens with one attached hydrogen (secondary N) is 1. The molecule has 0 radical (unpaired) electrons. The molecule has 0 saturated carbocycles. The molecule has 0 unspecified atom stereocenters.